The quantitative estimate of drug-likeness (QED) is 0.786. The molecule has 0 aromatic carbocycles. The average Bonchev–Trinajstić information content (AvgIpc) is 2.73. The summed E-state index contributed by atoms with van der Waals surface area (Å²) in [5.74, 6) is 0.869. The maximum atomic E-state index is 5.66. The predicted molar refractivity (Wildman–Crippen MR) is 66.7 cm³/mol. The minimum atomic E-state index is 0.616. The van der Waals surface area contributed by atoms with Gasteiger partial charge in [-0.3, -0.25) is 4.90 Å². The maximum absolute atomic E-state index is 5.66. The molecule has 0 aromatic rings. The largest absolute Gasteiger partial charge is 0.380 e. The van der Waals surface area contributed by atoms with Crippen molar-refractivity contribution >= 4 is 0 Å². The lowest BCUT2D eigenvalue weighted by Gasteiger charge is -2.38. The van der Waals surface area contributed by atoms with E-state index in [0.717, 1.165) is 25.7 Å². The van der Waals surface area contributed by atoms with Crippen molar-refractivity contribution in [3.8, 4) is 0 Å². The number of nitrogens with one attached hydrogen (secondary N) is 1. The van der Waals surface area contributed by atoms with E-state index in [1.54, 1.807) is 0 Å². The van der Waals surface area contributed by atoms with Crippen LogP contribution in [0, 0.1) is 5.92 Å². The Bertz CT molecular complexity index is 210. The van der Waals surface area contributed by atoms with Gasteiger partial charge in [0.2, 0.25) is 0 Å². The second-order valence-electron chi connectivity index (χ2n) is 5.38. The van der Waals surface area contributed by atoms with Crippen molar-refractivity contribution < 1.29 is 4.74 Å². The van der Waals surface area contributed by atoms with Crippen LogP contribution in [-0.2, 0) is 4.74 Å². The molecule has 16 heavy (non-hydrogen) atoms. The summed E-state index contributed by atoms with van der Waals surface area (Å²) < 4.78 is 5.66. The lowest BCUT2D eigenvalue weighted by atomic mass is 10.0. The summed E-state index contributed by atoms with van der Waals surface area (Å²) in [5, 5.41) is 3.69. The highest BCUT2D eigenvalue weighted by molar-refractivity contribution is 4.90. The third-order valence-electron chi connectivity index (χ3n) is 3.91. The summed E-state index contributed by atoms with van der Waals surface area (Å²) in [4.78, 5) is 2.64. The van der Waals surface area contributed by atoms with E-state index in [4.69, 9.17) is 4.74 Å². The van der Waals surface area contributed by atoms with Crippen molar-refractivity contribution in [3.05, 3.63) is 0 Å². The molecule has 0 saturated carbocycles. The van der Waals surface area contributed by atoms with Crippen molar-refractivity contribution in [2.24, 2.45) is 5.92 Å². The van der Waals surface area contributed by atoms with E-state index >= 15 is 0 Å². The van der Waals surface area contributed by atoms with E-state index in [9.17, 15) is 0 Å². The summed E-state index contributed by atoms with van der Waals surface area (Å²) in [6, 6.07) is 1.27. The highest BCUT2D eigenvalue weighted by atomic mass is 16.5. The van der Waals surface area contributed by atoms with Crippen LogP contribution in [0.15, 0.2) is 0 Å². The Balaban J connectivity index is 1.88. The topological polar surface area (TPSA) is 24.5 Å². The van der Waals surface area contributed by atoms with Crippen LogP contribution in [-0.4, -0.2) is 49.8 Å². The van der Waals surface area contributed by atoms with Crippen molar-refractivity contribution in [1.29, 1.82) is 0 Å². The number of likely N-dealkylation sites (tertiary alicyclic amines) is 1. The molecule has 0 spiro atoms. The molecule has 1 N–H and O–H groups in total. The molecule has 0 radical (unpaired) electrons. The molecule has 0 aromatic heterocycles. The predicted octanol–water partition coefficient (Wildman–Crippen LogP) is 1.49. The fourth-order valence-electron chi connectivity index (χ4n) is 2.92. The maximum Gasteiger partial charge on any atom is 0.0637 e. The fourth-order valence-corrected chi connectivity index (χ4v) is 2.92. The first-order valence-corrected chi connectivity index (χ1v) is 6.86. The first-order chi connectivity index (χ1) is 7.81. The van der Waals surface area contributed by atoms with Crippen molar-refractivity contribution in [2.75, 3.05) is 32.8 Å². The van der Waals surface area contributed by atoms with Crippen molar-refractivity contribution in [3.63, 3.8) is 0 Å². The molecule has 2 saturated heterocycles. The van der Waals surface area contributed by atoms with Crippen LogP contribution in [0.2, 0.25) is 0 Å². The fraction of sp³-hybridized carbons (Fsp3) is 1.00. The minimum Gasteiger partial charge on any atom is -0.380 e. The van der Waals surface area contributed by atoms with Gasteiger partial charge in [0.1, 0.15) is 0 Å². The molecule has 94 valence electrons. The van der Waals surface area contributed by atoms with Crippen molar-refractivity contribution in [2.45, 2.75) is 45.2 Å². The normalized spacial score (nSPS) is 36.8. The van der Waals surface area contributed by atoms with E-state index in [1.807, 2.05) is 0 Å². The first-order valence-electron chi connectivity index (χ1n) is 6.86. The molecule has 2 heterocycles. The van der Waals surface area contributed by atoms with Gasteiger partial charge in [-0.25, -0.2) is 0 Å². The lowest BCUT2D eigenvalue weighted by Crippen LogP contribution is -2.54. The smallest absolute Gasteiger partial charge is 0.0637 e. The third-order valence-corrected chi connectivity index (χ3v) is 3.91. The zero-order valence-corrected chi connectivity index (χ0v) is 10.7. The van der Waals surface area contributed by atoms with Gasteiger partial charge in [0, 0.05) is 25.2 Å². The van der Waals surface area contributed by atoms with Gasteiger partial charge in [-0.05, 0) is 38.3 Å². The van der Waals surface area contributed by atoms with E-state index in [2.05, 4.69) is 24.1 Å². The second kappa shape index (κ2) is 5.99. The van der Waals surface area contributed by atoms with Gasteiger partial charge >= 0.3 is 0 Å². The third kappa shape index (κ3) is 2.96. The molecule has 0 aliphatic carbocycles. The molecule has 2 aliphatic rings. The highest BCUT2D eigenvalue weighted by Crippen LogP contribution is 2.22. The number of hydrogen-bond acceptors (Lipinski definition) is 3. The molecule has 3 atom stereocenters. The van der Waals surface area contributed by atoms with Gasteiger partial charge in [-0.1, -0.05) is 13.8 Å². The number of hydrogen-bond donors (Lipinski definition) is 1. The van der Waals surface area contributed by atoms with Gasteiger partial charge in [0.15, 0.2) is 0 Å². The molecule has 0 amide bonds. The van der Waals surface area contributed by atoms with E-state index in [1.165, 1.54) is 32.4 Å². The molecule has 2 rings (SSSR count). The van der Waals surface area contributed by atoms with E-state index in [0.29, 0.717) is 12.1 Å². The second-order valence-corrected chi connectivity index (χ2v) is 5.38. The lowest BCUT2D eigenvalue weighted by molar-refractivity contribution is 0.00423. The van der Waals surface area contributed by atoms with Gasteiger partial charge in [0.05, 0.1) is 6.61 Å². The summed E-state index contributed by atoms with van der Waals surface area (Å²) in [6.45, 7) is 10.1. The van der Waals surface area contributed by atoms with Gasteiger partial charge in [-0.2, -0.15) is 0 Å². The first kappa shape index (κ1) is 12.3. The summed E-state index contributed by atoms with van der Waals surface area (Å²) in [7, 11) is 0. The molecule has 3 unspecified atom stereocenters. The van der Waals surface area contributed by atoms with Crippen molar-refractivity contribution in [1.82, 2.24) is 10.2 Å². The van der Waals surface area contributed by atoms with Crippen LogP contribution < -0.4 is 5.32 Å². The summed E-state index contributed by atoms with van der Waals surface area (Å²) >= 11 is 0. The Morgan fingerprint density at radius 2 is 2.25 bits per heavy atom. The molecule has 3 heteroatoms. The monoisotopic (exact) mass is 226 g/mol. The number of nitrogens with zero attached hydrogens (tertiary/aromatic N) is 1. The average molecular weight is 226 g/mol. The molecule has 0 bridgehead atoms. The Labute approximate surface area is 99.5 Å². The minimum absolute atomic E-state index is 0.616. The summed E-state index contributed by atoms with van der Waals surface area (Å²) in [6.07, 6.45) is 3.76. The van der Waals surface area contributed by atoms with E-state index < -0.39 is 0 Å². The van der Waals surface area contributed by atoms with Crippen LogP contribution in [0.25, 0.3) is 0 Å². The van der Waals surface area contributed by atoms with Crippen LogP contribution >= 0.6 is 0 Å². The highest BCUT2D eigenvalue weighted by Gasteiger charge is 2.33. The zero-order valence-electron chi connectivity index (χ0n) is 10.7. The van der Waals surface area contributed by atoms with Crippen LogP contribution in [0.5, 0.6) is 0 Å². The molecule has 2 fully saturated rings. The zero-order chi connectivity index (χ0) is 11.4. The van der Waals surface area contributed by atoms with Gasteiger partial charge in [0.25, 0.3) is 0 Å². The Morgan fingerprint density at radius 3 is 2.94 bits per heavy atom. The Hall–Kier alpha value is -0.120. The van der Waals surface area contributed by atoms with Crippen LogP contribution in [0.3, 0.4) is 0 Å². The molecule has 3 nitrogen and oxygen atoms in total. The summed E-state index contributed by atoms with van der Waals surface area (Å²) in [5.41, 5.74) is 0. The van der Waals surface area contributed by atoms with Gasteiger partial charge < -0.3 is 10.1 Å². The van der Waals surface area contributed by atoms with Crippen LogP contribution in [0.4, 0.5) is 0 Å². The Morgan fingerprint density at radius 1 is 1.38 bits per heavy atom. The SMILES string of the molecule is CCCNC1CCOCC1N1CCC(C)C1. The number of ether oxygens (including phenoxy) is 1. The van der Waals surface area contributed by atoms with E-state index in [-0.39, 0.29) is 0 Å². The molecule has 2 aliphatic heterocycles. The molecular weight excluding hydrogens is 200 g/mol. The standard InChI is InChI=1S/C13H26N2O/c1-3-6-14-12-5-8-16-10-13(12)15-7-4-11(2)9-15/h11-14H,3-10H2,1-2H3. The number of rotatable bonds is 4. The molecular formula is C13H26N2O. The van der Waals surface area contributed by atoms with Gasteiger partial charge in [-0.15, -0.1) is 0 Å². The Kier molecular flexibility index (Phi) is 4.62. The van der Waals surface area contributed by atoms with Crippen LogP contribution in [0.1, 0.15) is 33.1 Å².